The monoisotopic (exact) mass is 865 g/mol. The topological polar surface area (TPSA) is 107 Å². The fraction of sp³-hybridized carbons (Fsp3) is 0. The maximum absolute atomic E-state index is 10.3. The lowest BCUT2D eigenvalue weighted by molar-refractivity contribution is 1.16. The molecule has 3 aromatic heterocycles. The van der Waals surface area contributed by atoms with Crippen molar-refractivity contribution in [2.45, 2.75) is 0 Å². The lowest BCUT2D eigenvalue weighted by atomic mass is 9.95. The van der Waals surface area contributed by atoms with E-state index in [1.165, 1.54) is 10.8 Å². The van der Waals surface area contributed by atoms with Crippen LogP contribution in [-0.4, -0.2) is 19.1 Å². The van der Waals surface area contributed by atoms with Gasteiger partial charge in [-0.25, -0.2) is 9.97 Å². The van der Waals surface area contributed by atoms with E-state index in [2.05, 4.69) is 149 Å². The molecule has 7 heteroatoms. The molecule has 0 bridgehead atoms. The van der Waals surface area contributed by atoms with Crippen LogP contribution in [0.1, 0.15) is 16.7 Å². The number of nitrogens with zero attached hydrogens (tertiary/aromatic N) is 7. The molecule has 0 fully saturated rings. The van der Waals surface area contributed by atoms with Crippen molar-refractivity contribution in [2.75, 3.05) is 0 Å². The first-order valence-corrected chi connectivity index (χ1v) is 22.2. The summed E-state index contributed by atoms with van der Waals surface area (Å²) < 4.78 is 4.56. The van der Waals surface area contributed by atoms with Crippen molar-refractivity contribution in [2.24, 2.45) is 0 Å². The van der Waals surface area contributed by atoms with Gasteiger partial charge in [0.2, 0.25) is 0 Å². The fourth-order valence-electron chi connectivity index (χ4n) is 9.69. The third-order valence-electron chi connectivity index (χ3n) is 12.8. The number of benzene rings is 9. The molecule has 0 aliphatic heterocycles. The Balaban J connectivity index is 1.11. The zero-order valence-electron chi connectivity index (χ0n) is 36.3. The molecule has 12 rings (SSSR count). The standard InChI is InChI=1S/C61H35N7/c62-36-39-23-26-48(46(29-39)38-64)52-30-40(37-63)24-27-59(52)68-58-22-12-9-19-51(58)53-34-43(25-28-60(53)68)44-31-45(33-47(32-44)67-56-20-10-7-17-49(56)50-18-8-11-21-57(50)67)55-35-54(41-13-3-1-4-14-41)65-61(66-55)42-15-5-2-6-16-42/h1-35H. The van der Waals surface area contributed by atoms with Crippen molar-refractivity contribution in [3.63, 3.8) is 0 Å². The van der Waals surface area contributed by atoms with E-state index >= 15 is 0 Å². The molecular weight excluding hydrogens is 831 g/mol. The van der Waals surface area contributed by atoms with Gasteiger partial charge < -0.3 is 9.13 Å². The van der Waals surface area contributed by atoms with E-state index in [0.717, 1.165) is 89.0 Å². The Kier molecular flexibility index (Phi) is 9.51. The third kappa shape index (κ3) is 6.65. The predicted octanol–water partition coefficient (Wildman–Crippen LogP) is 14.6. The van der Waals surface area contributed by atoms with E-state index in [9.17, 15) is 15.8 Å². The van der Waals surface area contributed by atoms with E-state index in [-0.39, 0.29) is 0 Å². The highest BCUT2D eigenvalue weighted by Crippen LogP contribution is 2.41. The Morgan fingerprint density at radius 1 is 0.338 bits per heavy atom. The van der Waals surface area contributed by atoms with E-state index < -0.39 is 0 Å². The summed E-state index contributed by atoms with van der Waals surface area (Å²) in [5, 5.41) is 34.5. The summed E-state index contributed by atoms with van der Waals surface area (Å²) >= 11 is 0. The number of fused-ring (bicyclic) bond motifs is 6. The minimum atomic E-state index is 0.359. The van der Waals surface area contributed by atoms with Gasteiger partial charge in [-0.2, -0.15) is 15.8 Å². The lowest BCUT2D eigenvalue weighted by Crippen LogP contribution is -2.00. The van der Waals surface area contributed by atoms with Gasteiger partial charge in [-0.3, -0.25) is 0 Å². The normalized spacial score (nSPS) is 11.2. The molecule has 7 nitrogen and oxygen atoms in total. The van der Waals surface area contributed by atoms with Gasteiger partial charge in [0.25, 0.3) is 0 Å². The summed E-state index contributed by atoms with van der Waals surface area (Å²) in [4.78, 5) is 10.4. The van der Waals surface area contributed by atoms with Gasteiger partial charge in [-0.1, -0.05) is 127 Å². The zero-order chi connectivity index (χ0) is 45.7. The molecule has 0 radical (unpaired) electrons. The van der Waals surface area contributed by atoms with Crippen LogP contribution in [0.25, 0.3) is 111 Å². The molecule has 314 valence electrons. The maximum Gasteiger partial charge on any atom is 0.160 e. The summed E-state index contributed by atoms with van der Waals surface area (Å²) in [6, 6.07) is 78.7. The van der Waals surface area contributed by atoms with Crippen LogP contribution < -0.4 is 0 Å². The second-order valence-electron chi connectivity index (χ2n) is 16.7. The molecule has 68 heavy (non-hydrogen) atoms. The van der Waals surface area contributed by atoms with Crippen LogP contribution in [0.2, 0.25) is 0 Å². The SMILES string of the molecule is N#Cc1ccc(-c2cc(C#N)ccc2-n2c3ccccc3c3cc(-c4cc(-c5cc(-c6ccccc6)nc(-c6ccccc6)n5)cc(-n5c6ccccc6c6ccccc65)c4)ccc32)c(C#N)c1. The van der Waals surface area contributed by atoms with Gasteiger partial charge in [0, 0.05) is 55.0 Å². The van der Waals surface area contributed by atoms with E-state index in [1.807, 2.05) is 72.8 Å². The molecule has 0 saturated heterocycles. The van der Waals surface area contributed by atoms with Crippen LogP contribution in [0.15, 0.2) is 212 Å². The number of para-hydroxylation sites is 3. The molecule has 0 unspecified atom stereocenters. The number of hydrogen-bond acceptors (Lipinski definition) is 5. The quantitative estimate of drug-likeness (QED) is 0.159. The minimum Gasteiger partial charge on any atom is -0.309 e. The molecule has 3 heterocycles. The number of hydrogen-bond donors (Lipinski definition) is 0. The summed E-state index contributed by atoms with van der Waals surface area (Å²) in [7, 11) is 0. The Morgan fingerprint density at radius 2 is 0.882 bits per heavy atom. The summed E-state index contributed by atoms with van der Waals surface area (Å²) in [5.74, 6) is 0.644. The molecular formula is C61H35N7. The first kappa shape index (κ1) is 39.7. The Labute approximate surface area is 391 Å². The third-order valence-corrected chi connectivity index (χ3v) is 12.8. The molecule has 0 N–H and O–H groups in total. The van der Waals surface area contributed by atoms with Gasteiger partial charge in [-0.05, 0) is 96.1 Å². The molecule has 0 atom stereocenters. The average molecular weight is 866 g/mol. The van der Waals surface area contributed by atoms with Gasteiger partial charge in [0.05, 0.1) is 74.0 Å². The molecule has 9 aromatic carbocycles. The van der Waals surface area contributed by atoms with Crippen LogP contribution in [0, 0.1) is 34.0 Å². The van der Waals surface area contributed by atoms with Crippen LogP contribution in [0.3, 0.4) is 0 Å². The summed E-state index contributed by atoms with van der Waals surface area (Å²) in [6.45, 7) is 0. The Hall–Kier alpha value is -9.87. The van der Waals surface area contributed by atoms with Gasteiger partial charge in [-0.15, -0.1) is 0 Å². The molecule has 0 amide bonds. The number of rotatable bonds is 7. The molecule has 0 aliphatic rings. The fourth-order valence-corrected chi connectivity index (χ4v) is 9.69. The van der Waals surface area contributed by atoms with Crippen molar-refractivity contribution in [3.05, 3.63) is 229 Å². The highest BCUT2D eigenvalue weighted by molar-refractivity contribution is 6.12. The van der Waals surface area contributed by atoms with Crippen LogP contribution in [0.4, 0.5) is 0 Å². The highest BCUT2D eigenvalue weighted by atomic mass is 15.0. The Morgan fingerprint density at radius 3 is 1.54 bits per heavy atom. The van der Waals surface area contributed by atoms with Crippen molar-refractivity contribution < 1.29 is 0 Å². The second-order valence-corrected chi connectivity index (χ2v) is 16.7. The van der Waals surface area contributed by atoms with Gasteiger partial charge >= 0.3 is 0 Å². The zero-order valence-corrected chi connectivity index (χ0v) is 36.3. The van der Waals surface area contributed by atoms with Crippen LogP contribution in [0.5, 0.6) is 0 Å². The predicted molar refractivity (Wildman–Crippen MR) is 272 cm³/mol. The van der Waals surface area contributed by atoms with Crippen molar-refractivity contribution in [3.8, 4) is 85.7 Å². The first-order valence-electron chi connectivity index (χ1n) is 22.2. The lowest BCUT2D eigenvalue weighted by Gasteiger charge is -2.16. The van der Waals surface area contributed by atoms with E-state index in [0.29, 0.717) is 28.1 Å². The molecule has 0 saturated carbocycles. The summed E-state index contributed by atoms with van der Waals surface area (Å²) in [5.41, 5.74) is 15.1. The number of nitriles is 3. The molecule has 0 aliphatic carbocycles. The molecule has 12 aromatic rings. The highest BCUT2D eigenvalue weighted by Gasteiger charge is 2.21. The van der Waals surface area contributed by atoms with Crippen LogP contribution in [-0.2, 0) is 0 Å². The summed E-state index contributed by atoms with van der Waals surface area (Å²) in [6.07, 6.45) is 0. The van der Waals surface area contributed by atoms with Gasteiger partial charge in [0.1, 0.15) is 0 Å². The van der Waals surface area contributed by atoms with Gasteiger partial charge in [0.15, 0.2) is 5.82 Å². The Bertz CT molecular complexity index is 4010. The largest absolute Gasteiger partial charge is 0.309 e. The first-order chi connectivity index (χ1) is 33.6. The van der Waals surface area contributed by atoms with Crippen molar-refractivity contribution >= 4 is 43.6 Å². The second kappa shape index (κ2) is 16.3. The van der Waals surface area contributed by atoms with Crippen LogP contribution >= 0.6 is 0 Å². The minimum absolute atomic E-state index is 0.359. The van der Waals surface area contributed by atoms with E-state index in [4.69, 9.17) is 9.97 Å². The molecule has 0 spiro atoms. The van der Waals surface area contributed by atoms with Crippen molar-refractivity contribution in [1.82, 2.24) is 19.1 Å². The average Bonchev–Trinajstić information content (AvgIpc) is 3.93. The van der Waals surface area contributed by atoms with E-state index in [1.54, 1.807) is 18.2 Å². The number of aromatic nitrogens is 4. The van der Waals surface area contributed by atoms with Crippen molar-refractivity contribution in [1.29, 1.82) is 15.8 Å². The smallest absolute Gasteiger partial charge is 0.160 e. The maximum atomic E-state index is 10.3.